The Bertz CT molecular complexity index is 1960. The molecule has 0 fully saturated rings. The van der Waals surface area contributed by atoms with E-state index in [-0.39, 0.29) is 0 Å². The fourth-order valence-electron chi connectivity index (χ4n) is 5.07. The number of nitrogens with zero attached hydrogens (tertiary/aromatic N) is 4. The van der Waals surface area contributed by atoms with E-state index >= 15 is 0 Å². The van der Waals surface area contributed by atoms with Crippen LogP contribution < -0.4 is 9.47 Å². The summed E-state index contributed by atoms with van der Waals surface area (Å²) < 4.78 is 14.4. The summed E-state index contributed by atoms with van der Waals surface area (Å²) in [7, 11) is 0. The molecule has 0 bridgehead atoms. The summed E-state index contributed by atoms with van der Waals surface area (Å²) in [6, 6.07) is 29.8. The fraction of sp³-hybridized carbons (Fsp3) is 0.0938. The number of ether oxygens (including phenoxy) is 2. The maximum atomic E-state index is 6.28. The van der Waals surface area contributed by atoms with Crippen molar-refractivity contribution in [2.75, 3.05) is 0 Å². The predicted molar refractivity (Wildman–Crippen MR) is 150 cm³/mol. The maximum Gasteiger partial charge on any atom is 0.219 e. The Morgan fingerprint density at radius 2 is 1.50 bits per heavy atom. The third kappa shape index (κ3) is 3.69. The van der Waals surface area contributed by atoms with Crippen LogP contribution in [0.15, 0.2) is 103 Å². The molecule has 0 saturated carbocycles. The van der Waals surface area contributed by atoms with Crippen LogP contribution in [-0.4, -0.2) is 19.4 Å². The largest absolute Gasteiger partial charge is 0.456 e. The first-order valence-corrected chi connectivity index (χ1v) is 12.6. The third-order valence-corrected chi connectivity index (χ3v) is 6.74. The Morgan fingerprint density at radius 3 is 2.34 bits per heavy atom. The number of benzene rings is 3. The zero-order valence-corrected chi connectivity index (χ0v) is 21.0. The molecular weight excluding hydrogens is 472 g/mol. The number of hydrogen-bond acceptors (Lipinski definition) is 5. The molecule has 0 aliphatic heterocycles. The normalized spacial score (nSPS) is 11.7. The maximum absolute atomic E-state index is 6.28. The molecule has 7 rings (SSSR count). The summed E-state index contributed by atoms with van der Waals surface area (Å²) in [5.74, 6) is 2.78. The van der Waals surface area contributed by atoms with Crippen LogP contribution in [0.4, 0.5) is 0 Å². The molecule has 6 nitrogen and oxygen atoms in total. The van der Waals surface area contributed by atoms with Gasteiger partial charge < -0.3 is 9.47 Å². The van der Waals surface area contributed by atoms with Crippen molar-refractivity contribution in [1.29, 1.82) is 0 Å². The van der Waals surface area contributed by atoms with Crippen molar-refractivity contribution in [3.05, 3.63) is 109 Å². The summed E-state index contributed by atoms with van der Waals surface area (Å²) in [5.41, 5.74) is 6.16. The quantitative estimate of drug-likeness (QED) is 0.224. The van der Waals surface area contributed by atoms with E-state index < -0.39 is 0 Å². The van der Waals surface area contributed by atoms with Gasteiger partial charge in [0.2, 0.25) is 5.88 Å². The first-order valence-electron chi connectivity index (χ1n) is 12.6. The van der Waals surface area contributed by atoms with Gasteiger partial charge in [0.1, 0.15) is 22.9 Å². The monoisotopic (exact) mass is 496 g/mol. The van der Waals surface area contributed by atoms with Gasteiger partial charge in [-0.05, 0) is 53.9 Å². The minimum absolute atomic E-state index is 0.341. The van der Waals surface area contributed by atoms with Gasteiger partial charge in [-0.3, -0.25) is 9.38 Å². The van der Waals surface area contributed by atoms with Crippen molar-refractivity contribution < 1.29 is 9.47 Å². The molecule has 4 heterocycles. The second kappa shape index (κ2) is 8.85. The number of hydrogen-bond donors (Lipinski definition) is 0. The van der Waals surface area contributed by atoms with Crippen molar-refractivity contribution in [2.24, 2.45) is 0 Å². The van der Waals surface area contributed by atoms with Gasteiger partial charge >= 0.3 is 0 Å². The molecule has 3 aromatic carbocycles. The highest BCUT2D eigenvalue weighted by atomic mass is 16.5. The third-order valence-electron chi connectivity index (χ3n) is 6.74. The number of imidazole rings is 1. The van der Waals surface area contributed by atoms with Crippen LogP contribution in [0.1, 0.15) is 25.3 Å². The highest BCUT2D eigenvalue weighted by Gasteiger charge is 2.18. The summed E-state index contributed by atoms with van der Waals surface area (Å²) in [5, 5.41) is 2.09. The van der Waals surface area contributed by atoms with E-state index in [0.717, 1.165) is 38.5 Å². The van der Waals surface area contributed by atoms with Gasteiger partial charge in [-0.1, -0.05) is 50.2 Å². The van der Waals surface area contributed by atoms with Crippen molar-refractivity contribution in [3.63, 3.8) is 0 Å². The second-order valence-electron chi connectivity index (χ2n) is 9.57. The minimum atomic E-state index is 0.341. The zero-order chi connectivity index (χ0) is 25.6. The van der Waals surface area contributed by atoms with Crippen LogP contribution in [-0.2, 0) is 0 Å². The van der Waals surface area contributed by atoms with Gasteiger partial charge in [0.25, 0.3) is 0 Å². The molecule has 0 saturated heterocycles. The minimum Gasteiger partial charge on any atom is -0.456 e. The van der Waals surface area contributed by atoms with Crippen LogP contribution in [0, 0.1) is 0 Å². The Balaban J connectivity index is 1.40. The van der Waals surface area contributed by atoms with E-state index in [2.05, 4.69) is 53.6 Å². The standard InChI is InChI=1S/C32H24N4O2/c1-20(2)24-11-8-14-28-30(24)31-25(32-35-26-12-3-4-13-27(26)36(28)32)18-23(19-34-31)37-21-9-7-10-22(17-21)38-29-15-5-6-16-33-29/h3-20H,1-2H3. The van der Waals surface area contributed by atoms with Gasteiger partial charge in [-0.15, -0.1) is 0 Å². The second-order valence-corrected chi connectivity index (χ2v) is 9.57. The molecule has 0 aliphatic rings. The van der Waals surface area contributed by atoms with Crippen molar-refractivity contribution in [2.45, 2.75) is 19.8 Å². The van der Waals surface area contributed by atoms with Crippen molar-refractivity contribution >= 4 is 38.5 Å². The summed E-state index contributed by atoms with van der Waals surface area (Å²) in [6.07, 6.45) is 3.48. The molecule has 4 aromatic heterocycles. The van der Waals surface area contributed by atoms with E-state index in [4.69, 9.17) is 19.4 Å². The summed E-state index contributed by atoms with van der Waals surface area (Å²) >= 11 is 0. The topological polar surface area (TPSA) is 61.5 Å². The van der Waals surface area contributed by atoms with E-state index in [1.807, 2.05) is 60.7 Å². The van der Waals surface area contributed by atoms with Gasteiger partial charge in [-0.25, -0.2) is 9.97 Å². The lowest BCUT2D eigenvalue weighted by molar-refractivity contribution is 0.449. The Labute approximate surface area is 219 Å². The molecular formula is C32H24N4O2. The van der Waals surface area contributed by atoms with Crippen LogP contribution in [0.25, 0.3) is 38.5 Å². The molecule has 38 heavy (non-hydrogen) atoms. The molecule has 6 heteroatoms. The fourth-order valence-corrected chi connectivity index (χ4v) is 5.07. The van der Waals surface area contributed by atoms with E-state index in [1.54, 1.807) is 12.4 Å². The SMILES string of the molecule is CC(C)c1cccc2c1c1ncc(Oc3cccc(Oc4ccccn4)c3)cc1c1nc3ccccc3n21. The molecule has 184 valence electrons. The molecule has 0 radical (unpaired) electrons. The van der Waals surface area contributed by atoms with Crippen LogP contribution >= 0.6 is 0 Å². The average Bonchev–Trinajstić information content (AvgIpc) is 3.34. The first-order chi connectivity index (χ1) is 18.7. The number of para-hydroxylation sites is 2. The summed E-state index contributed by atoms with van der Waals surface area (Å²) in [6.45, 7) is 4.43. The lowest BCUT2D eigenvalue weighted by Crippen LogP contribution is -1.98. The molecule has 0 aliphatic carbocycles. The number of pyridine rings is 3. The molecule has 7 aromatic rings. The van der Waals surface area contributed by atoms with Gasteiger partial charge in [0.05, 0.1) is 28.3 Å². The Morgan fingerprint density at radius 1 is 0.711 bits per heavy atom. The van der Waals surface area contributed by atoms with E-state index in [0.29, 0.717) is 29.0 Å². The van der Waals surface area contributed by atoms with Crippen LogP contribution in [0.3, 0.4) is 0 Å². The number of rotatable bonds is 5. The van der Waals surface area contributed by atoms with E-state index in [9.17, 15) is 0 Å². The zero-order valence-electron chi connectivity index (χ0n) is 21.0. The lowest BCUT2D eigenvalue weighted by Gasteiger charge is -2.15. The molecule has 0 spiro atoms. The molecule has 0 atom stereocenters. The number of fused-ring (bicyclic) bond motifs is 8. The smallest absolute Gasteiger partial charge is 0.219 e. The van der Waals surface area contributed by atoms with Crippen molar-refractivity contribution in [3.8, 4) is 23.1 Å². The van der Waals surface area contributed by atoms with Gasteiger partial charge in [0, 0.05) is 29.1 Å². The Hall–Kier alpha value is -4.97. The van der Waals surface area contributed by atoms with Crippen molar-refractivity contribution in [1.82, 2.24) is 19.4 Å². The lowest BCUT2D eigenvalue weighted by atomic mass is 9.96. The summed E-state index contributed by atoms with van der Waals surface area (Å²) in [4.78, 5) is 14.2. The van der Waals surface area contributed by atoms with Gasteiger partial charge in [-0.2, -0.15) is 0 Å². The Kier molecular flexibility index (Phi) is 5.18. The van der Waals surface area contributed by atoms with Crippen LogP contribution in [0.2, 0.25) is 0 Å². The molecule has 0 N–H and O–H groups in total. The predicted octanol–water partition coefficient (Wildman–Crippen LogP) is 8.29. The van der Waals surface area contributed by atoms with Gasteiger partial charge in [0.15, 0.2) is 0 Å². The highest BCUT2D eigenvalue weighted by molar-refractivity contribution is 6.13. The van der Waals surface area contributed by atoms with E-state index in [1.165, 1.54) is 5.56 Å². The first kappa shape index (κ1) is 22.2. The van der Waals surface area contributed by atoms with Crippen LogP contribution in [0.5, 0.6) is 23.1 Å². The highest BCUT2D eigenvalue weighted by Crippen LogP contribution is 2.37. The number of aromatic nitrogens is 4. The molecule has 0 unspecified atom stereocenters. The molecule has 0 amide bonds. The average molecular weight is 497 g/mol.